The number of halogens is 2. The van der Waals surface area contributed by atoms with Crippen LogP contribution in [0.15, 0.2) is 18.2 Å². The number of hydrogen-bond acceptors (Lipinski definition) is 5. The molecule has 1 amide bonds. The molecule has 0 spiro atoms. The predicted octanol–water partition coefficient (Wildman–Crippen LogP) is 4.61. The Hall–Kier alpha value is -2.41. The van der Waals surface area contributed by atoms with Crippen molar-refractivity contribution in [2.45, 2.75) is 57.4 Å². The van der Waals surface area contributed by atoms with Gasteiger partial charge < -0.3 is 15.5 Å². The second-order valence-corrected chi connectivity index (χ2v) is 9.48. The van der Waals surface area contributed by atoms with E-state index >= 15 is 0 Å². The first-order chi connectivity index (χ1) is 15.4. The number of nitrogens with one attached hydrogen (secondary N) is 2. The van der Waals surface area contributed by atoms with Crippen molar-refractivity contribution in [2.24, 2.45) is 5.92 Å². The van der Waals surface area contributed by atoms with Crippen molar-refractivity contribution in [3.8, 4) is 0 Å². The first-order valence-corrected chi connectivity index (χ1v) is 11.9. The molecule has 0 unspecified atom stereocenters. The second-order valence-electron chi connectivity index (χ2n) is 9.07. The zero-order valence-corrected chi connectivity index (χ0v) is 19.5. The highest BCUT2D eigenvalue weighted by molar-refractivity contribution is 6.31. The molecule has 172 valence electrons. The maximum atomic E-state index is 14.0. The molecule has 6 nitrogen and oxygen atoms in total. The second kappa shape index (κ2) is 10.0. The van der Waals surface area contributed by atoms with E-state index in [9.17, 15) is 9.18 Å². The molecule has 8 heteroatoms. The lowest BCUT2D eigenvalue weighted by molar-refractivity contribution is 0.0939. The molecule has 2 N–H and O–H groups in total. The van der Waals surface area contributed by atoms with E-state index in [0.717, 1.165) is 50.3 Å². The quantitative estimate of drug-likeness (QED) is 0.659. The molecule has 2 aliphatic rings. The van der Waals surface area contributed by atoms with Gasteiger partial charge in [0, 0.05) is 32.2 Å². The van der Waals surface area contributed by atoms with Crippen LogP contribution in [0.5, 0.6) is 0 Å². The zero-order chi connectivity index (χ0) is 22.7. The number of aromatic nitrogens is 2. The van der Waals surface area contributed by atoms with Crippen molar-refractivity contribution >= 4 is 29.3 Å². The lowest BCUT2D eigenvalue weighted by atomic mass is 9.86. The molecule has 4 rings (SSSR count). The number of hydrogen-bond donors (Lipinski definition) is 2. The summed E-state index contributed by atoms with van der Waals surface area (Å²) in [6.45, 7) is 0.539. The van der Waals surface area contributed by atoms with Crippen molar-refractivity contribution in [3.63, 3.8) is 0 Å². The molecule has 1 aromatic carbocycles. The van der Waals surface area contributed by atoms with Gasteiger partial charge in [0.2, 0.25) is 5.95 Å². The molecule has 0 bridgehead atoms. The zero-order valence-electron chi connectivity index (χ0n) is 18.8. The van der Waals surface area contributed by atoms with Gasteiger partial charge in [-0.15, -0.1) is 0 Å². The molecule has 0 atom stereocenters. The van der Waals surface area contributed by atoms with Gasteiger partial charge in [-0.1, -0.05) is 17.7 Å². The molecular formula is C24H31ClFN5O. The van der Waals surface area contributed by atoms with Gasteiger partial charge >= 0.3 is 0 Å². The third kappa shape index (κ3) is 5.14. The summed E-state index contributed by atoms with van der Waals surface area (Å²) in [5.74, 6) is 1.05. The molecule has 0 saturated heterocycles. The first-order valence-electron chi connectivity index (χ1n) is 11.5. The van der Waals surface area contributed by atoms with Crippen molar-refractivity contribution in [2.75, 3.05) is 30.9 Å². The van der Waals surface area contributed by atoms with Gasteiger partial charge in [-0.3, -0.25) is 4.79 Å². The fourth-order valence-electron chi connectivity index (χ4n) is 4.71. The topological polar surface area (TPSA) is 70.2 Å². The normalized spacial score (nSPS) is 20.4. The average molecular weight is 460 g/mol. The SMILES string of the molecule is CN(C)c1nc(N[C@H]2CC[C@@H](CNC(=O)c3cccc(Cl)c3F)CC2)nc2c1CCCC2. The minimum absolute atomic E-state index is 0.00546. The van der Waals surface area contributed by atoms with Crippen LogP contribution in [-0.4, -0.2) is 42.6 Å². The van der Waals surface area contributed by atoms with Crippen LogP contribution in [0.1, 0.15) is 60.1 Å². The van der Waals surface area contributed by atoms with Gasteiger partial charge in [0.05, 0.1) is 16.3 Å². The molecule has 1 fully saturated rings. The predicted molar refractivity (Wildman–Crippen MR) is 126 cm³/mol. The molecule has 0 aliphatic heterocycles. The Balaban J connectivity index is 1.30. The van der Waals surface area contributed by atoms with E-state index in [0.29, 0.717) is 18.5 Å². The summed E-state index contributed by atoms with van der Waals surface area (Å²) in [6, 6.07) is 4.80. The molecule has 1 heterocycles. The standard InChI is InChI=1S/C24H31ClFN5O/c1-31(2)22-17-6-3-4-9-20(17)29-24(30-22)28-16-12-10-15(11-13-16)14-27-23(32)18-7-5-8-19(25)21(18)26/h5,7-8,15-16H,3-4,6,9-14H2,1-2H3,(H,27,32)(H,28,29,30)/t15-,16+. The van der Waals surface area contributed by atoms with Crippen molar-refractivity contribution in [1.29, 1.82) is 0 Å². The number of nitrogens with zero attached hydrogens (tertiary/aromatic N) is 3. The summed E-state index contributed by atoms with van der Waals surface area (Å²) in [5.41, 5.74) is 2.47. The molecule has 0 radical (unpaired) electrons. The fourth-order valence-corrected chi connectivity index (χ4v) is 4.89. The van der Waals surface area contributed by atoms with Crippen LogP contribution in [0.3, 0.4) is 0 Å². The van der Waals surface area contributed by atoms with Gasteiger partial charge in [-0.25, -0.2) is 9.37 Å². The number of carbonyl (C=O) groups excluding carboxylic acids is 1. The smallest absolute Gasteiger partial charge is 0.254 e. The van der Waals surface area contributed by atoms with E-state index < -0.39 is 11.7 Å². The molecule has 32 heavy (non-hydrogen) atoms. The Morgan fingerprint density at radius 1 is 1.16 bits per heavy atom. The highest BCUT2D eigenvalue weighted by Crippen LogP contribution is 2.30. The van der Waals surface area contributed by atoms with E-state index in [-0.39, 0.29) is 10.6 Å². The summed E-state index contributed by atoms with van der Waals surface area (Å²) < 4.78 is 14.0. The number of benzene rings is 1. The number of amides is 1. The first kappa shape index (κ1) is 22.8. The van der Waals surface area contributed by atoms with Gasteiger partial charge in [-0.2, -0.15) is 4.98 Å². The fraction of sp³-hybridized carbons (Fsp3) is 0.542. The maximum Gasteiger partial charge on any atom is 0.254 e. The number of rotatable bonds is 6. The van der Waals surface area contributed by atoms with E-state index in [1.165, 1.54) is 36.2 Å². The van der Waals surface area contributed by atoms with Crippen LogP contribution >= 0.6 is 11.6 Å². The third-order valence-electron chi connectivity index (χ3n) is 6.51. The average Bonchev–Trinajstić information content (AvgIpc) is 2.79. The molecule has 2 aliphatic carbocycles. The van der Waals surface area contributed by atoms with E-state index in [1.807, 2.05) is 14.1 Å². The Bertz CT molecular complexity index is 975. The van der Waals surface area contributed by atoms with Crippen molar-refractivity contribution in [1.82, 2.24) is 15.3 Å². The van der Waals surface area contributed by atoms with Crippen LogP contribution in [0.2, 0.25) is 5.02 Å². The summed E-state index contributed by atoms with van der Waals surface area (Å²) >= 11 is 5.78. The highest BCUT2D eigenvalue weighted by Gasteiger charge is 2.25. The van der Waals surface area contributed by atoms with Crippen LogP contribution in [0.4, 0.5) is 16.2 Å². The summed E-state index contributed by atoms with van der Waals surface area (Å²) in [4.78, 5) is 24.0. The lowest BCUT2D eigenvalue weighted by Gasteiger charge is -2.30. The number of aryl methyl sites for hydroxylation is 1. The summed E-state index contributed by atoms with van der Waals surface area (Å²) in [7, 11) is 4.07. The Morgan fingerprint density at radius 2 is 1.91 bits per heavy atom. The molecule has 1 saturated carbocycles. The summed E-state index contributed by atoms with van der Waals surface area (Å²) in [5, 5.41) is 6.38. The summed E-state index contributed by atoms with van der Waals surface area (Å²) in [6.07, 6.45) is 8.42. The van der Waals surface area contributed by atoms with Gasteiger partial charge in [-0.05, 0) is 69.4 Å². The number of carbonyl (C=O) groups is 1. The molecule has 2 aromatic rings. The van der Waals surface area contributed by atoms with Gasteiger partial charge in [0.1, 0.15) is 5.82 Å². The van der Waals surface area contributed by atoms with Crippen LogP contribution in [0, 0.1) is 11.7 Å². The van der Waals surface area contributed by atoms with Crippen LogP contribution in [0.25, 0.3) is 0 Å². The molecular weight excluding hydrogens is 429 g/mol. The van der Waals surface area contributed by atoms with Crippen molar-refractivity contribution < 1.29 is 9.18 Å². The van der Waals surface area contributed by atoms with Gasteiger partial charge in [0.15, 0.2) is 5.82 Å². The number of fused-ring (bicyclic) bond motifs is 1. The van der Waals surface area contributed by atoms with Gasteiger partial charge in [0.25, 0.3) is 5.91 Å². The van der Waals surface area contributed by atoms with Crippen LogP contribution in [-0.2, 0) is 12.8 Å². The minimum atomic E-state index is -0.665. The van der Waals surface area contributed by atoms with E-state index in [4.69, 9.17) is 21.6 Å². The van der Waals surface area contributed by atoms with Crippen molar-refractivity contribution in [3.05, 3.63) is 45.9 Å². The maximum absolute atomic E-state index is 14.0. The van der Waals surface area contributed by atoms with E-state index in [1.54, 1.807) is 6.07 Å². The Morgan fingerprint density at radius 3 is 2.66 bits per heavy atom. The van der Waals surface area contributed by atoms with E-state index in [2.05, 4.69) is 15.5 Å². The number of anilines is 2. The monoisotopic (exact) mass is 459 g/mol. The largest absolute Gasteiger partial charge is 0.362 e. The van der Waals surface area contributed by atoms with Crippen LogP contribution < -0.4 is 15.5 Å². The lowest BCUT2D eigenvalue weighted by Crippen LogP contribution is -2.34. The Labute approximate surface area is 194 Å². The highest BCUT2D eigenvalue weighted by atomic mass is 35.5. The minimum Gasteiger partial charge on any atom is -0.362 e. The third-order valence-corrected chi connectivity index (χ3v) is 6.80. The molecule has 1 aromatic heterocycles. The Kier molecular flexibility index (Phi) is 7.13.